The first-order chi connectivity index (χ1) is 30.8. The van der Waals surface area contributed by atoms with Gasteiger partial charge < -0.3 is 19.6 Å². The van der Waals surface area contributed by atoms with Crippen molar-refractivity contribution in [1.82, 2.24) is 0 Å². The summed E-state index contributed by atoms with van der Waals surface area (Å²) >= 11 is 0. The monoisotopic (exact) mass is 798 g/mol. The van der Waals surface area contributed by atoms with E-state index in [1.165, 1.54) is 44.7 Å². The second-order valence-electron chi connectivity index (χ2n) is 16.8. The van der Waals surface area contributed by atoms with Crippen molar-refractivity contribution in [1.29, 1.82) is 0 Å². The Balaban J connectivity index is 1.01. The highest BCUT2D eigenvalue weighted by Crippen LogP contribution is 2.53. The first kappa shape index (κ1) is 36.3. The Morgan fingerprint density at radius 2 is 0.919 bits per heavy atom. The van der Waals surface area contributed by atoms with Crippen LogP contribution in [0.5, 0.6) is 0 Å². The molecule has 0 saturated carbocycles. The molecule has 0 radical (unpaired) electrons. The number of benzene rings is 7. The molecule has 0 spiro atoms. The number of nitrogens with zero attached hydrogens (tertiary/aromatic N) is 4. The summed E-state index contributed by atoms with van der Waals surface area (Å²) in [5.41, 5.74) is 14.7. The van der Waals surface area contributed by atoms with Crippen LogP contribution in [0.15, 0.2) is 236 Å². The topological polar surface area (TPSA) is 13.0 Å². The van der Waals surface area contributed by atoms with Crippen LogP contribution in [-0.4, -0.2) is 12.1 Å². The van der Waals surface area contributed by atoms with Gasteiger partial charge in [0.05, 0.1) is 23.5 Å². The van der Waals surface area contributed by atoms with Gasteiger partial charge in [-0.3, -0.25) is 0 Å². The standard InChI is InChI=1S/C58H46N4/c1-5-19-41(20-6-1)59(45-35-37-57-51(39-45)49-27-13-15-31-55(49)61(57)43-23-9-3-10-24-43)53-33-17-30-48-47(53)29-18-34-54(48)60(42-21-7-2-8-22-42)46-36-38-58-52(40-46)50-28-14-16-32-56(50)62(58)44-25-11-4-12-26-44/h1-11,13-25,27-40,49-50,55-56H,12,26H2. The predicted octanol–water partition coefficient (Wildman–Crippen LogP) is 15.1. The summed E-state index contributed by atoms with van der Waals surface area (Å²) < 4.78 is 0. The molecule has 2 heterocycles. The highest BCUT2D eigenvalue weighted by Gasteiger charge is 2.40. The predicted molar refractivity (Wildman–Crippen MR) is 260 cm³/mol. The number of para-hydroxylation sites is 3. The maximum Gasteiger partial charge on any atom is 0.0629 e. The minimum atomic E-state index is 0.224. The molecule has 0 N–H and O–H groups in total. The molecule has 0 bridgehead atoms. The van der Waals surface area contributed by atoms with Crippen molar-refractivity contribution < 1.29 is 0 Å². The van der Waals surface area contributed by atoms with Crippen LogP contribution < -0.4 is 19.6 Å². The Hall–Kier alpha value is -7.56. The van der Waals surface area contributed by atoms with Gasteiger partial charge in [-0.15, -0.1) is 0 Å². The van der Waals surface area contributed by atoms with Crippen LogP contribution in [0.2, 0.25) is 0 Å². The molecular weight excluding hydrogens is 753 g/mol. The Morgan fingerprint density at radius 3 is 1.45 bits per heavy atom. The summed E-state index contributed by atoms with van der Waals surface area (Å²) in [6.07, 6.45) is 27.3. The van der Waals surface area contributed by atoms with Gasteiger partial charge >= 0.3 is 0 Å². The maximum atomic E-state index is 2.59. The summed E-state index contributed by atoms with van der Waals surface area (Å²) in [7, 11) is 0. The summed E-state index contributed by atoms with van der Waals surface area (Å²) in [4.78, 5) is 9.99. The summed E-state index contributed by atoms with van der Waals surface area (Å²) in [5.74, 6) is 0.526. The Bertz CT molecular complexity index is 3010. The van der Waals surface area contributed by atoms with Crippen molar-refractivity contribution in [3.63, 3.8) is 0 Å². The lowest BCUT2D eigenvalue weighted by molar-refractivity contribution is 0.701. The molecule has 4 unspecified atom stereocenters. The van der Waals surface area contributed by atoms with E-state index in [4.69, 9.17) is 0 Å². The van der Waals surface area contributed by atoms with Crippen molar-refractivity contribution >= 4 is 62.0 Å². The SMILES string of the molecule is C1=CCCC(N2c3ccc(N(c4ccccc4)c4cccc5c(N(c6ccccc6)c6ccc7c(c6)C6C=CC=CC6N7c6ccccc6)cccc45)cc3C3C=CC=CC32)=C1. The van der Waals surface area contributed by atoms with Gasteiger partial charge in [-0.2, -0.15) is 0 Å². The average Bonchev–Trinajstić information content (AvgIpc) is 3.85. The molecule has 298 valence electrons. The van der Waals surface area contributed by atoms with Crippen molar-refractivity contribution in [2.45, 2.75) is 36.8 Å². The molecular formula is C58H46N4. The van der Waals surface area contributed by atoms with Crippen molar-refractivity contribution in [3.05, 3.63) is 247 Å². The Kier molecular flexibility index (Phi) is 8.88. The van der Waals surface area contributed by atoms with Gasteiger partial charge in [-0.25, -0.2) is 0 Å². The zero-order valence-corrected chi connectivity index (χ0v) is 34.5. The molecule has 12 rings (SSSR count). The molecule has 4 atom stereocenters. The van der Waals surface area contributed by atoms with Crippen LogP contribution in [0.1, 0.15) is 35.8 Å². The molecule has 4 nitrogen and oxygen atoms in total. The fourth-order valence-corrected chi connectivity index (χ4v) is 10.6. The Morgan fingerprint density at radius 1 is 0.419 bits per heavy atom. The highest BCUT2D eigenvalue weighted by atomic mass is 15.2. The zero-order valence-electron chi connectivity index (χ0n) is 34.5. The van der Waals surface area contributed by atoms with E-state index >= 15 is 0 Å². The molecule has 4 heteroatoms. The third-order valence-electron chi connectivity index (χ3n) is 13.3. The molecule has 62 heavy (non-hydrogen) atoms. The Labute approximate surface area is 364 Å². The number of anilines is 9. The number of fused-ring (bicyclic) bond motifs is 7. The van der Waals surface area contributed by atoms with Gasteiger partial charge in [0, 0.05) is 68.1 Å². The van der Waals surface area contributed by atoms with Crippen LogP contribution in [0.3, 0.4) is 0 Å². The summed E-state index contributed by atoms with van der Waals surface area (Å²) in [6.45, 7) is 0. The van der Waals surface area contributed by atoms with E-state index in [-0.39, 0.29) is 23.9 Å². The number of hydrogen-bond acceptors (Lipinski definition) is 4. The zero-order chi connectivity index (χ0) is 41.0. The molecule has 7 aromatic rings. The van der Waals surface area contributed by atoms with E-state index in [1.807, 2.05) is 0 Å². The normalized spacial score (nSPS) is 20.2. The van der Waals surface area contributed by atoms with Crippen LogP contribution in [-0.2, 0) is 0 Å². The molecule has 0 amide bonds. The molecule has 5 aliphatic rings. The van der Waals surface area contributed by atoms with Gasteiger partial charge in [0.15, 0.2) is 0 Å². The van der Waals surface area contributed by atoms with E-state index in [9.17, 15) is 0 Å². The first-order valence-electron chi connectivity index (χ1n) is 22.0. The minimum absolute atomic E-state index is 0.224. The van der Waals surface area contributed by atoms with Gasteiger partial charge in [0.1, 0.15) is 0 Å². The maximum absolute atomic E-state index is 2.59. The summed E-state index contributed by atoms with van der Waals surface area (Å²) in [6, 6.07) is 60.8. The third-order valence-corrected chi connectivity index (χ3v) is 13.3. The second-order valence-corrected chi connectivity index (χ2v) is 16.8. The quantitative estimate of drug-likeness (QED) is 0.152. The molecule has 0 saturated heterocycles. The van der Waals surface area contributed by atoms with Crippen LogP contribution in [0, 0.1) is 0 Å². The fraction of sp³-hybridized carbons (Fsp3) is 0.103. The van der Waals surface area contributed by atoms with Crippen LogP contribution >= 0.6 is 0 Å². The smallest absolute Gasteiger partial charge is 0.0629 e. The summed E-state index contributed by atoms with van der Waals surface area (Å²) in [5, 5.41) is 2.37. The number of rotatable bonds is 8. The van der Waals surface area contributed by atoms with E-state index in [2.05, 4.69) is 250 Å². The van der Waals surface area contributed by atoms with E-state index < -0.39 is 0 Å². The lowest BCUT2D eigenvalue weighted by Crippen LogP contribution is -2.32. The first-order valence-corrected chi connectivity index (χ1v) is 22.0. The molecule has 3 aliphatic carbocycles. The van der Waals surface area contributed by atoms with Crippen LogP contribution in [0.25, 0.3) is 10.8 Å². The molecule has 2 aliphatic heterocycles. The van der Waals surface area contributed by atoms with Crippen molar-refractivity contribution in [2.24, 2.45) is 0 Å². The molecule has 7 aromatic carbocycles. The number of hydrogen-bond donors (Lipinski definition) is 0. The van der Waals surface area contributed by atoms with Gasteiger partial charge in [-0.1, -0.05) is 140 Å². The van der Waals surface area contributed by atoms with E-state index in [1.54, 1.807) is 0 Å². The van der Waals surface area contributed by atoms with Crippen LogP contribution in [0.4, 0.5) is 51.2 Å². The number of allylic oxidation sites excluding steroid dienone is 8. The van der Waals surface area contributed by atoms with Crippen molar-refractivity contribution in [3.8, 4) is 0 Å². The largest absolute Gasteiger partial charge is 0.337 e. The van der Waals surface area contributed by atoms with E-state index in [0.29, 0.717) is 0 Å². The van der Waals surface area contributed by atoms with Gasteiger partial charge in [0.25, 0.3) is 0 Å². The lowest BCUT2D eigenvalue weighted by atomic mass is 9.91. The lowest BCUT2D eigenvalue weighted by Gasteiger charge is -2.31. The minimum Gasteiger partial charge on any atom is -0.337 e. The molecule has 0 aromatic heterocycles. The van der Waals surface area contributed by atoms with Gasteiger partial charge in [-0.05, 0) is 115 Å². The van der Waals surface area contributed by atoms with Gasteiger partial charge in [0.2, 0.25) is 0 Å². The van der Waals surface area contributed by atoms with Crippen molar-refractivity contribution in [2.75, 3.05) is 19.6 Å². The fourth-order valence-electron chi connectivity index (χ4n) is 10.6. The third kappa shape index (κ3) is 5.97. The highest BCUT2D eigenvalue weighted by molar-refractivity contribution is 6.07. The second kappa shape index (κ2) is 15.2. The van der Waals surface area contributed by atoms with E-state index in [0.717, 1.165) is 47.0 Å². The average molecular weight is 799 g/mol. The molecule has 0 fully saturated rings.